The summed E-state index contributed by atoms with van der Waals surface area (Å²) in [7, 11) is -9.93. The van der Waals surface area contributed by atoms with E-state index in [1.165, 1.54) is 244 Å². The lowest BCUT2D eigenvalue weighted by Crippen LogP contribution is -2.30. The number of esters is 4. The number of phosphoric acid groups is 2. The number of ether oxygens (including phenoxy) is 4. The first-order valence-electron chi connectivity index (χ1n) is 44.2. The van der Waals surface area contributed by atoms with Crippen molar-refractivity contribution in [1.29, 1.82) is 0 Å². The Balaban J connectivity index is 5.20. The Labute approximate surface area is 645 Å². The molecular formula is C86H168O17P2. The van der Waals surface area contributed by atoms with Gasteiger partial charge in [0.1, 0.15) is 19.3 Å². The van der Waals surface area contributed by atoms with Crippen molar-refractivity contribution in [2.24, 2.45) is 23.7 Å². The van der Waals surface area contributed by atoms with Gasteiger partial charge in [-0.15, -0.1) is 0 Å². The maximum absolute atomic E-state index is 13.1. The van der Waals surface area contributed by atoms with Crippen LogP contribution in [-0.4, -0.2) is 96.7 Å². The van der Waals surface area contributed by atoms with Crippen LogP contribution in [0.1, 0.15) is 447 Å². The van der Waals surface area contributed by atoms with Crippen molar-refractivity contribution < 1.29 is 80.2 Å². The van der Waals surface area contributed by atoms with E-state index in [1.54, 1.807) is 0 Å². The van der Waals surface area contributed by atoms with E-state index >= 15 is 0 Å². The fraction of sp³-hybridized carbons (Fsp3) is 0.953. The maximum atomic E-state index is 13.1. The smallest absolute Gasteiger partial charge is 0.462 e. The molecule has 0 aromatic heterocycles. The summed E-state index contributed by atoms with van der Waals surface area (Å²) in [6.45, 7) is 14.3. The van der Waals surface area contributed by atoms with Crippen LogP contribution < -0.4 is 0 Å². The predicted octanol–water partition coefficient (Wildman–Crippen LogP) is 25.9. The number of unbranched alkanes of at least 4 members (excludes halogenated alkanes) is 48. The zero-order valence-electron chi connectivity index (χ0n) is 69.4. The molecule has 0 aliphatic carbocycles. The van der Waals surface area contributed by atoms with Crippen LogP contribution in [0.5, 0.6) is 0 Å². The van der Waals surface area contributed by atoms with Gasteiger partial charge in [-0.1, -0.05) is 396 Å². The predicted molar refractivity (Wildman–Crippen MR) is 432 cm³/mol. The number of carbonyl (C=O) groups excluding carboxylic acids is 4. The lowest BCUT2D eigenvalue weighted by atomic mass is 9.99. The first-order chi connectivity index (χ1) is 50.6. The molecule has 6 atom stereocenters. The Morgan fingerprint density at radius 1 is 0.267 bits per heavy atom. The van der Waals surface area contributed by atoms with Crippen molar-refractivity contribution in [2.75, 3.05) is 39.6 Å². The molecule has 0 rings (SSSR count). The molecule has 0 heterocycles. The second-order valence-corrected chi connectivity index (χ2v) is 35.5. The van der Waals surface area contributed by atoms with Crippen molar-refractivity contribution in [3.05, 3.63) is 0 Å². The fourth-order valence-corrected chi connectivity index (χ4v) is 14.9. The van der Waals surface area contributed by atoms with Gasteiger partial charge in [0, 0.05) is 25.7 Å². The van der Waals surface area contributed by atoms with E-state index in [9.17, 15) is 43.2 Å². The van der Waals surface area contributed by atoms with Gasteiger partial charge in [0.05, 0.1) is 26.4 Å². The first-order valence-corrected chi connectivity index (χ1v) is 47.2. The van der Waals surface area contributed by atoms with E-state index in [1.807, 2.05) is 0 Å². The summed E-state index contributed by atoms with van der Waals surface area (Å²) in [5, 5.41) is 10.7. The van der Waals surface area contributed by atoms with Crippen molar-refractivity contribution in [3.63, 3.8) is 0 Å². The van der Waals surface area contributed by atoms with Crippen LogP contribution >= 0.6 is 15.6 Å². The van der Waals surface area contributed by atoms with Crippen LogP contribution in [0, 0.1) is 23.7 Å². The highest BCUT2D eigenvalue weighted by molar-refractivity contribution is 7.47. The zero-order chi connectivity index (χ0) is 77.4. The molecule has 0 aliphatic heterocycles. The largest absolute Gasteiger partial charge is 0.472 e. The van der Waals surface area contributed by atoms with Gasteiger partial charge in [-0.05, 0) is 49.4 Å². The normalized spacial score (nSPS) is 14.2. The SMILES string of the molecule is CCC(C)CCCCCCCCCCCCCCCCCCCCC(=O)OC[C@H](COP(=O)(O)OC[C@@H](O)COP(=O)(O)OC[C@@H](COC(=O)CCCCCCCCC(C)C)OC(=O)CCCCCCCCCCCCCCCC(C)C)OC(=O)CCCCCCCCCCCCCCCCCC(C)C. The molecule has 0 spiro atoms. The number of rotatable bonds is 83. The minimum atomic E-state index is -4.97. The number of hydrogen-bond donors (Lipinski definition) is 3. The Morgan fingerprint density at radius 3 is 0.676 bits per heavy atom. The third-order valence-electron chi connectivity index (χ3n) is 20.4. The van der Waals surface area contributed by atoms with E-state index in [0.29, 0.717) is 31.6 Å². The molecular weight excluding hydrogens is 1370 g/mol. The van der Waals surface area contributed by atoms with E-state index in [-0.39, 0.29) is 25.7 Å². The third kappa shape index (κ3) is 78.5. The summed E-state index contributed by atoms with van der Waals surface area (Å²) < 4.78 is 68.8. The van der Waals surface area contributed by atoms with Gasteiger partial charge < -0.3 is 33.8 Å². The molecule has 0 saturated carbocycles. The van der Waals surface area contributed by atoms with Crippen LogP contribution in [0.4, 0.5) is 0 Å². The second-order valence-electron chi connectivity index (χ2n) is 32.6. The van der Waals surface area contributed by atoms with E-state index in [4.69, 9.17) is 37.0 Å². The van der Waals surface area contributed by atoms with Crippen molar-refractivity contribution >= 4 is 39.5 Å². The number of phosphoric ester groups is 2. The highest BCUT2D eigenvalue weighted by Gasteiger charge is 2.31. The van der Waals surface area contributed by atoms with E-state index in [2.05, 4.69) is 55.4 Å². The fourth-order valence-electron chi connectivity index (χ4n) is 13.3. The van der Waals surface area contributed by atoms with Gasteiger partial charge in [0.2, 0.25) is 0 Å². The minimum Gasteiger partial charge on any atom is -0.462 e. The first kappa shape index (κ1) is 103. The van der Waals surface area contributed by atoms with Gasteiger partial charge in [-0.3, -0.25) is 37.3 Å². The average molecular weight is 1540 g/mol. The number of aliphatic hydroxyl groups is 1. The number of carbonyl (C=O) groups is 4. The molecule has 0 aliphatic rings. The molecule has 3 N–H and O–H groups in total. The summed E-state index contributed by atoms with van der Waals surface area (Å²) in [5.74, 6) is 1.03. The lowest BCUT2D eigenvalue weighted by Gasteiger charge is -2.21. The van der Waals surface area contributed by atoms with Crippen molar-refractivity contribution in [1.82, 2.24) is 0 Å². The molecule has 0 aromatic carbocycles. The summed E-state index contributed by atoms with van der Waals surface area (Å²) >= 11 is 0. The Bertz CT molecular complexity index is 2040. The molecule has 0 radical (unpaired) electrons. The summed E-state index contributed by atoms with van der Waals surface area (Å²) in [6.07, 6.45) is 64.0. The highest BCUT2D eigenvalue weighted by Crippen LogP contribution is 2.45. The molecule has 105 heavy (non-hydrogen) atoms. The topological polar surface area (TPSA) is 237 Å². The highest BCUT2D eigenvalue weighted by atomic mass is 31.2. The van der Waals surface area contributed by atoms with E-state index in [0.717, 1.165) is 114 Å². The van der Waals surface area contributed by atoms with Gasteiger partial charge in [0.25, 0.3) is 0 Å². The van der Waals surface area contributed by atoms with Gasteiger partial charge in [-0.25, -0.2) is 9.13 Å². The quantitative estimate of drug-likeness (QED) is 0.0222. The monoisotopic (exact) mass is 1540 g/mol. The Morgan fingerprint density at radius 2 is 0.457 bits per heavy atom. The van der Waals surface area contributed by atoms with Gasteiger partial charge >= 0.3 is 39.5 Å². The van der Waals surface area contributed by atoms with Crippen LogP contribution in [-0.2, 0) is 65.4 Å². The molecule has 0 aromatic rings. The molecule has 17 nitrogen and oxygen atoms in total. The molecule has 19 heteroatoms. The zero-order valence-corrected chi connectivity index (χ0v) is 71.2. The summed E-state index contributed by atoms with van der Waals surface area (Å²) in [4.78, 5) is 73.2. The maximum Gasteiger partial charge on any atom is 0.472 e. The number of hydrogen-bond acceptors (Lipinski definition) is 15. The van der Waals surface area contributed by atoms with E-state index < -0.39 is 97.5 Å². The average Bonchev–Trinajstić information content (AvgIpc) is 0.925. The lowest BCUT2D eigenvalue weighted by molar-refractivity contribution is -0.161. The van der Waals surface area contributed by atoms with Crippen LogP contribution in [0.15, 0.2) is 0 Å². The van der Waals surface area contributed by atoms with Crippen LogP contribution in [0.25, 0.3) is 0 Å². The molecule has 0 saturated heterocycles. The van der Waals surface area contributed by atoms with Crippen molar-refractivity contribution in [3.8, 4) is 0 Å². The Kier molecular flexibility index (Phi) is 73.4. The van der Waals surface area contributed by atoms with Crippen molar-refractivity contribution in [2.45, 2.75) is 465 Å². The number of aliphatic hydroxyl groups excluding tert-OH is 1. The van der Waals surface area contributed by atoms with Crippen LogP contribution in [0.2, 0.25) is 0 Å². The third-order valence-corrected chi connectivity index (χ3v) is 22.3. The molecule has 0 bridgehead atoms. The molecule has 0 fully saturated rings. The van der Waals surface area contributed by atoms with Gasteiger partial charge in [-0.2, -0.15) is 0 Å². The summed E-state index contributed by atoms with van der Waals surface area (Å²) in [5.41, 5.74) is 0. The standard InChI is InChI=1S/C86H168O17P2/c1-9-79(8)65-57-49-40-34-28-22-16-12-10-11-13-17-23-29-35-41-50-58-66-83(88)96-72-81(102-85(90)68-60-52-42-36-30-24-18-14-15-20-26-32-38-46-54-62-76(2)3)74-100-104(92,93)98-70-80(87)71-99-105(94,95)101-75-82(73-97-84(89)67-59-51-45-44-48-56-64-78(6)7)103-86(91)69-61-53-43-37-31-25-19-21-27-33-39-47-55-63-77(4)5/h76-82,87H,9-75H2,1-8H3,(H,92,93)(H,94,95)/t79?,80-,81-,82-/m1/s1. The molecule has 3 unspecified atom stereocenters. The molecule has 0 amide bonds. The second kappa shape index (κ2) is 74.8. The minimum absolute atomic E-state index is 0.106. The molecule has 624 valence electrons. The van der Waals surface area contributed by atoms with Gasteiger partial charge in [0.15, 0.2) is 12.2 Å². The Hall–Kier alpha value is -1.94. The van der Waals surface area contributed by atoms with Crippen LogP contribution in [0.3, 0.4) is 0 Å². The summed E-state index contributed by atoms with van der Waals surface area (Å²) in [6, 6.07) is 0.